The molecular formula is C22H22N2O3S. The molecule has 6 heteroatoms. The first kappa shape index (κ1) is 18.5. The molecule has 2 heterocycles. The number of carbonyl (C=O) groups excluding carboxylic acids is 1. The fraction of sp³-hybridized carbons (Fsp3) is 0.273. The topological polar surface area (TPSA) is 51.7 Å². The molecule has 0 saturated carbocycles. The molecule has 1 amide bonds. The van der Waals surface area contributed by atoms with Crippen LogP contribution in [-0.2, 0) is 11.3 Å². The second kappa shape index (κ2) is 8.02. The summed E-state index contributed by atoms with van der Waals surface area (Å²) in [5.74, 6) is 1.51. The number of ether oxygens (including phenoxy) is 2. The van der Waals surface area contributed by atoms with Crippen LogP contribution in [0.25, 0.3) is 0 Å². The fourth-order valence-corrected chi connectivity index (χ4v) is 4.16. The molecule has 1 atom stereocenters. The Hall–Kier alpha value is -2.86. The van der Waals surface area contributed by atoms with E-state index in [-0.39, 0.29) is 18.6 Å². The van der Waals surface area contributed by atoms with Gasteiger partial charge >= 0.3 is 0 Å². The molecule has 0 aliphatic carbocycles. The molecule has 0 fully saturated rings. The lowest BCUT2D eigenvalue weighted by Gasteiger charge is -2.22. The Balaban J connectivity index is 1.56. The first-order valence-electron chi connectivity index (χ1n) is 9.19. The number of benzene rings is 2. The molecule has 4 rings (SSSR count). The first-order valence-corrected chi connectivity index (χ1v) is 10.1. The third kappa shape index (κ3) is 4.02. The van der Waals surface area contributed by atoms with Crippen LogP contribution < -0.4 is 9.47 Å². The summed E-state index contributed by atoms with van der Waals surface area (Å²) in [5, 5.41) is 2.96. The Morgan fingerprint density at radius 1 is 1.14 bits per heavy atom. The zero-order valence-corrected chi connectivity index (χ0v) is 16.7. The van der Waals surface area contributed by atoms with Gasteiger partial charge in [0.05, 0.1) is 6.54 Å². The van der Waals surface area contributed by atoms with Crippen molar-refractivity contribution in [2.24, 2.45) is 0 Å². The average Bonchev–Trinajstić information content (AvgIpc) is 3.34. The van der Waals surface area contributed by atoms with Crippen LogP contribution in [-0.4, -0.2) is 29.6 Å². The molecule has 0 saturated heterocycles. The highest BCUT2D eigenvalue weighted by Crippen LogP contribution is 2.37. The van der Waals surface area contributed by atoms with Crippen LogP contribution in [0.1, 0.15) is 34.2 Å². The molecule has 28 heavy (non-hydrogen) atoms. The van der Waals surface area contributed by atoms with Gasteiger partial charge in [-0.15, -0.1) is 11.3 Å². The van der Waals surface area contributed by atoms with Crippen molar-refractivity contribution in [3.05, 3.63) is 75.7 Å². The van der Waals surface area contributed by atoms with Gasteiger partial charge in [0, 0.05) is 30.5 Å². The van der Waals surface area contributed by atoms with Crippen LogP contribution in [0.3, 0.4) is 0 Å². The van der Waals surface area contributed by atoms with Crippen LogP contribution in [0.2, 0.25) is 0 Å². The summed E-state index contributed by atoms with van der Waals surface area (Å²) >= 11 is 1.58. The molecule has 5 nitrogen and oxygen atoms in total. The Morgan fingerprint density at radius 2 is 1.93 bits per heavy atom. The van der Waals surface area contributed by atoms with Crippen molar-refractivity contribution in [2.75, 3.05) is 13.8 Å². The SMILES string of the molecule is Cc1csc(CN(C)C(=O)C[C@@H](c2ccccc2)c2ccc3c(c2)OCO3)n1. The number of thiazole rings is 1. The van der Waals surface area contributed by atoms with Crippen molar-refractivity contribution >= 4 is 17.2 Å². The van der Waals surface area contributed by atoms with Crippen molar-refractivity contribution in [1.29, 1.82) is 0 Å². The Kier molecular flexibility index (Phi) is 5.30. The minimum absolute atomic E-state index is 0.0521. The van der Waals surface area contributed by atoms with Gasteiger partial charge in [0.2, 0.25) is 12.7 Å². The highest BCUT2D eigenvalue weighted by molar-refractivity contribution is 7.09. The van der Waals surface area contributed by atoms with Gasteiger partial charge in [0.1, 0.15) is 5.01 Å². The zero-order chi connectivity index (χ0) is 19.5. The van der Waals surface area contributed by atoms with Crippen LogP contribution in [0.15, 0.2) is 53.9 Å². The zero-order valence-electron chi connectivity index (χ0n) is 15.9. The quantitative estimate of drug-likeness (QED) is 0.623. The van der Waals surface area contributed by atoms with Crippen molar-refractivity contribution in [1.82, 2.24) is 9.88 Å². The normalized spacial score (nSPS) is 13.4. The summed E-state index contributed by atoms with van der Waals surface area (Å²) in [4.78, 5) is 19.2. The third-order valence-electron chi connectivity index (χ3n) is 4.84. The predicted molar refractivity (Wildman–Crippen MR) is 109 cm³/mol. The minimum atomic E-state index is -0.0521. The number of amides is 1. The summed E-state index contributed by atoms with van der Waals surface area (Å²) in [6.45, 7) is 2.73. The molecule has 0 N–H and O–H groups in total. The molecular weight excluding hydrogens is 372 g/mol. The number of hydrogen-bond donors (Lipinski definition) is 0. The maximum Gasteiger partial charge on any atom is 0.231 e. The maximum absolute atomic E-state index is 13.0. The van der Waals surface area contributed by atoms with Gasteiger partial charge in [0.25, 0.3) is 0 Å². The van der Waals surface area contributed by atoms with E-state index in [1.807, 2.05) is 55.7 Å². The van der Waals surface area contributed by atoms with Gasteiger partial charge in [-0.05, 0) is 30.2 Å². The maximum atomic E-state index is 13.0. The van der Waals surface area contributed by atoms with E-state index in [1.54, 1.807) is 16.2 Å². The monoisotopic (exact) mass is 394 g/mol. The van der Waals surface area contributed by atoms with E-state index in [2.05, 4.69) is 17.1 Å². The van der Waals surface area contributed by atoms with E-state index in [9.17, 15) is 4.79 Å². The van der Waals surface area contributed by atoms with Crippen molar-refractivity contribution in [2.45, 2.75) is 25.8 Å². The summed E-state index contributed by atoms with van der Waals surface area (Å²) in [5.41, 5.74) is 3.14. The van der Waals surface area contributed by atoms with Crippen LogP contribution in [0.5, 0.6) is 11.5 Å². The lowest BCUT2D eigenvalue weighted by atomic mass is 9.88. The van der Waals surface area contributed by atoms with Crippen molar-refractivity contribution in [3.63, 3.8) is 0 Å². The molecule has 1 aliphatic rings. The molecule has 1 aliphatic heterocycles. The van der Waals surface area contributed by atoms with Crippen LogP contribution in [0, 0.1) is 6.92 Å². The smallest absolute Gasteiger partial charge is 0.231 e. The number of fused-ring (bicyclic) bond motifs is 1. The lowest BCUT2D eigenvalue weighted by Crippen LogP contribution is -2.27. The highest BCUT2D eigenvalue weighted by atomic mass is 32.1. The van der Waals surface area contributed by atoms with E-state index in [0.29, 0.717) is 13.0 Å². The number of aromatic nitrogens is 1. The van der Waals surface area contributed by atoms with Crippen LogP contribution >= 0.6 is 11.3 Å². The Labute approximate surface area is 168 Å². The van der Waals surface area contributed by atoms with Crippen LogP contribution in [0.4, 0.5) is 0 Å². The summed E-state index contributed by atoms with van der Waals surface area (Å²) < 4.78 is 11.0. The average molecular weight is 394 g/mol. The number of rotatable bonds is 6. The Bertz CT molecular complexity index is 971. The van der Waals surface area contributed by atoms with E-state index in [1.165, 1.54) is 0 Å². The molecule has 1 aromatic heterocycles. The molecule has 0 bridgehead atoms. The summed E-state index contributed by atoms with van der Waals surface area (Å²) in [6.07, 6.45) is 0.379. The largest absolute Gasteiger partial charge is 0.454 e. The van der Waals surface area contributed by atoms with Gasteiger partial charge in [0.15, 0.2) is 11.5 Å². The van der Waals surface area contributed by atoms with Gasteiger partial charge in [-0.3, -0.25) is 4.79 Å². The number of hydrogen-bond acceptors (Lipinski definition) is 5. The second-order valence-electron chi connectivity index (χ2n) is 6.91. The van der Waals surface area contributed by atoms with E-state index < -0.39 is 0 Å². The van der Waals surface area contributed by atoms with Gasteiger partial charge in [-0.2, -0.15) is 0 Å². The molecule has 0 spiro atoms. The van der Waals surface area contributed by atoms with Crippen molar-refractivity contribution < 1.29 is 14.3 Å². The number of carbonyl (C=O) groups is 1. The fourth-order valence-electron chi connectivity index (χ4n) is 3.34. The van der Waals surface area contributed by atoms with Gasteiger partial charge < -0.3 is 14.4 Å². The minimum Gasteiger partial charge on any atom is -0.454 e. The van der Waals surface area contributed by atoms with Gasteiger partial charge in [-0.1, -0.05) is 36.4 Å². The highest BCUT2D eigenvalue weighted by Gasteiger charge is 2.23. The molecule has 0 radical (unpaired) electrons. The standard InChI is InChI=1S/C22H22N2O3S/c1-15-13-28-21(23-15)12-24(2)22(25)11-18(16-6-4-3-5-7-16)17-8-9-19-20(10-17)27-14-26-19/h3-10,13,18H,11-12,14H2,1-2H3/t18-/m0/s1. The second-order valence-corrected chi connectivity index (χ2v) is 7.86. The summed E-state index contributed by atoms with van der Waals surface area (Å²) in [6, 6.07) is 16.0. The predicted octanol–water partition coefficient (Wildman–Crippen LogP) is 4.36. The number of nitrogens with zero attached hydrogens (tertiary/aromatic N) is 2. The molecule has 144 valence electrons. The van der Waals surface area contributed by atoms with E-state index >= 15 is 0 Å². The van der Waals surface area contributed by atoms with Gasteiger partial charge in [-0.25, -0.2) is 4.98 Å². The Morgan fingerprint density at radius 3 is 2.68 bits per heavy atom. The first-order chi connectivity index (χ1) is 13.6. The van der Waals surface area contributed by atoms with Crippen molar-refractivity contribution in [3.8, 4) is 11.5 Å². The van der Waals surface area contributed by atoms with E-state index in [4.69, 9.17) is 9.47 Å². The molecule has 3 aromatic rings. The molecule has 2 aromatic carbocycles. The van der Waals surface area contributed by atoms with E-state index in [0.717, 1.165) is 33.3 Å². The third-order valence-corrected chi connectivity index (χ3v) is 5.80. The molecule has 0 unspecified atom stereocenters. The lowest BCUT2D eigenvalue weighted by molar-refractivity contribution is -0.130. The number of aryl methyl sites for hydroxylation is 1. The summed E-state index contributed by atoms with van der Waals surface area (Å²) in [7, 11) is 1.83.